The van der Waals surface area contributed by atoms with E-state index in [1.807, 2.05) is 0 Å². The SMILES string of the molecule is c1ccc(-c2ccccc2-c2cccc(N(c3cccc(-c4ccccc4)c3-c3ccccc3)c3cccc4c3c3ccccc3n4-c3ccccc3)c2)cc1. The third-order valence-corrected chi connectivity index (χ3v) is 10.8. The van der Waals surface area contributed by atoms with Crippen molar-refractivity contribution in [2.24, 2.45) is 0 Å². The van der Waals surface area contributed by atoms with Crippen molar-refractivity contribution in [1.82, 2.24) is 4.57 Å². The van der Waals surface area contributed by atoms with Gasteiger partial charge in [-0.05, 0) is 87.5 Å². The molecule has 0 aliphatic rings. The highest BCUT2D eigenvalue weighted by Gasteiger charge is 2.25. The first-order valence-electron chi connectivity index (χ1n) is 19.2. The number of rotatable bonds is 8. The maximum atomic E-state index is 2.49. The Morgan fingerprint density at radius 3 is 1.52 bits per heavy atom. The molecule has 1 heterocycles. The van der Waals surface area contributed by atoms with Crippen LogP contribution in [0.25, 0.3) is 72.0 Å². The Morgan fingerprint density at radius 2 is 0.804 bits per heavy atom. The van der Waals surface area contributed by atoms with Crippen molar-refractivity contribution < 1.29 is 0 Å². The van der Waals surface area contributed by atoms with Gasteiger partial charge in [0.25, 0.3) is 0 Å². The first-order chi connectivity index (χ1) is 27.8. The van der Waals surface area contributed by atoms with Crippen LogP contribution in [-0.2, 0) is 0 Å². The van der Waals surface area contributed by atoms with Crippen LogP contribution in [0.3, 0.4) is 0 Å². The van der Waals surface area contributed by atoms with Gasteiger partial charge < -0.3 is 9.47 Å². The van der Waals surface area contributed by atoms with Crippen molar-refractivity contribution in [3.8, 4) is 50.2 Å². The van der Waals surface area contributed by atoms with Crippen LogP contribution in [0.15, 0.2) is 231 Å². The minimum absolute atomic E-state index is 1.08. The fourth-order valence-electron chi connectivity index (χ4n) is 8.36. The fourth-order valence-corrected chi connectivity index (χ4v) is 8.36. The average molecular weight is 715 g/mol. The number of benzene rings is 9. The van der Waals surface area contributed by atoms with Gasteiger partial charge >= 0.3 is 0 Å². The zero-order chi connectivity index (χ0) is 37.3. The van der Waals surface area contributed by atoms with Gasteiger partial charge in [0.15, 0.2) is 0 Å². The van der Waals surface area contributed by atoms with Gasteiger partial charge in [0.1, 0.15) is 0 Å². The molecule has 0 N–H and O–H groups in total. The molecule has 0 aliphatic heterocycles. The lowest BCUT2D eigenvalue weighted by Crippen LogP contribution is -2.12. The lowest BCUT2D eigenvalue weighted by atomic mass is 9.91. The quantitative estimate of drug-likeness (QED) is 0.152. The normalized spacial score (nSPS) is 11.2. The van der Waals surface area contributed by atoms with E-state index in [1.54, 1.807) is 0 Å². The average Bonchev–Trinajstić information content (AvgIpc) is 3.63. The lowest BCUT2D eigenvalue weighted by molar-refractivity contribution is 1.18. The summed E-state index contributed by atoms with van der Waals surface area (Å²) in [4.78, 5) is 2.49. The first-order valence-corrected chi connectivity index (χ1v) is 19.2. The molecular weight excluding hydrogens is 677 g/mol. The van der Waals surface area contributed by atoms with E-state index in [1.165, 1.54) is 49.7 Å². The summed E-state index contributed by atoms with van der Waals surface area (Å²) in [5.41, 5.74) is 16.2. The fraction of sp³-hybridized carbons (Fsp3) is 0. The van der Waals surface area contributed by atoms with E-state index in [0.717, 1.165) is 39.4 Å². The molecule has 0 aliphatic carbocycles. The highest BCUT2D eigenvalue weighted by molar-refractivity contribution is 6.17. The summed E-state index contributed by atoms with van der Waals surface area (Å²) in [6, 6.07) is 83.1. The van der Waals surface area contributed by atoms with Crippen LogP contribution in [0.5, 0.6) is 0 Å². The minimum Gasteiger partial charge on any atom is -0.309 e. The molecule has 0 unspecified atom stereocenters. The van der Waals surface area contributed by atoms with Crippen molar-refractivity contribution in [2.45, 2.75) is 0 Å². The lowest BCUT2D eigenvalue weighted by Gasteiger charge is -2.30. The minimum atomic E-state index is 1.08. The van der Waals surface area contributed by atoms with Crippen LogP contribution in [0, 0.1) is 0 Å². The maximum absolute atomic E-state index is 2.49. The summed E-state index contributed by atoms with van der Waals surface area (Å²) in [7, 11) is 0. The molecule has 0 atom stereocenters. The van der Waals surface area contributed by atoms with Crippen LogP contribution in [0.1, 0.15) is 0 Å². The summed E-state index contributed by atoms with van der Waals surface area (Å²) >= 11 is 0. The number of fused-ring (bicyclic) bond motifs is 3. The third-order valence-electron chi connectivity index (χ3n) is 10.8. The van der Waals surface area contributed by atoms with E-state index in [-0.39, 0.29) is 0 Å². The molecule has 0 spiro atoms. The molecule has 10 rings (SSSR count). The van der Waals surface area contributed by atoms with Crippen LogP contribution in [-0.4, -0.2) is 4.57 Å². The number of hydrogen-bond acceptors (Lipinski definition) is 1. The monoisotopic (exact) mass is 714 g/mol. The molecule has 10 aromatic rings. The molecular formula is C54H38N2. The van der Waals surface area contributed by atoms with Crippen molar-refractivity contribution >= 4 is 38.9 Å². The van der Waals surface area contributed by atoms with Crippen LogP contribution < -0.4 is 4.90 Å². The molecule has 0 amide bonds. The third kappa shape index (κ3) is 5.85. The van der Waals surface area contributed by atoms with Gasteiger partial charge in [-0.2, -0.15) is 0 Å². The van der Waals surface area contributed by atoms with E-state index in [4.69, 9.17) is 0 Å². The van der Waals surface area contributed by atoms with E-state index in [0.29, 0.717) is 0 Å². The Morgan fingerprint density at radius 1 is 0.321 bits per heavy atom. The topological polar surface area (TPSA) is 8.17 Å². The maximum Gasteiger partial charge on any atom is 0.0562 e. The van der Waals surface area contributed by atoms with Crippen molar-refractivity contribution in [3.05, 3.63) is 231 Å². The number of nitrogens with zero attached hydrogens (tertiary/aromatic N) is 2. The first kappa shape index (κ1) is 33.2. The molecule has 56 heavy (non-hydrogen) atoms. The van der Waals surface area contributed by atoms with E-state index in [9.17, 15) is 0 Å². The molecule has 9 aromatic carbocycles. The molecule has 2 heteroatoms. The second-order valence-corrected chi connectivity index (χ2v) is 14.1. The largest absolute Gasteiger partial charge is 0.309 e. The number of aromatic nitrogens is 1. The number of para-hydroxylation sites is 2. The second-order valence-electron chi connectivity index (χ2n) is 14.1. The molecule has 264 valence electrons. The highest BCUT2D eigenvalue weighted by Crippen LogP contribution is 2.49. The summed E-state index contributed by atoms with van der Waals surface area (Å²) in [5.74, 6) is 0. The summed E-state index contributed by atoms with van der Waals surface area (Å²) in [5, 5.41) is 2.41. The van der Waals surface area contributed by atoms with Gasteiger partial charge in [0, 0.05) is 27.7 Å². The van der Waals surface area contributed by atoms with Gasteiger partial charge in [-0.25, -0.2) is 0 Å². The smallest absolute Gasteiger partial charge is 0.0562 e. The van der Waals surface area contributed by atoms with E-state index < -0.39 is 0 Å². The summed E-state index contributed by atoms with van der Waals surface area (Å²) in [6.07, 6.45) is 0. The van der Waals surface area contributed by atoms with E-state index in [2.05, 4.69) is 240 Å². The van der Waals surface area contributed by atoms with Crippen molar-refractivity contribution in [1.29, 1.82) is 0 Å². The Labute approximate surface area is 327 Å². The predicted molar refractivity (Wildman–Crippen MR) is 237 cm³/mol. The Bertz CT molecular complexity index is 2950. The van der Waals surface area contributed by atoms with Gasteiger partial charge in [0.05, 0.1) is 22.4 Å². The Hall–Kier alpha value is -7.42. The molecule has 0 saturated carbocycles. The predicted octanol–water partition coefficient (Wildman–Crippen LogP) is 14.9. The number of hydrogen-bond donors (Lipinski definition) is 0. The van der Waals surface area contributed by atoms with Crippen LogP contribution in [0.4, 0.5) is 17.1 Å². The van der Waals surface area contributed by atoms with Gasteiger partial charge in [-0.3, -0.25) is 0 Å². The highest BCUT2D eigenvalue weighted by atomic mass is 15.2. The molecule has 0 saturated heterocycles. The summed E-state index contributed by atoms with van der Waals surface area (Å²) < 4.78 is 2.40. The summed E-state index contributed by atoms with van der Waals surface area (Å²) in [6.45, 7) is 0. The molecule has 0 bridgehead atoms. The Balaban J connectivity index is 1.30. The zero-order valence-electron chi connectivity index (χ0n) is 30.8. The van der Waals surface area contributed by atoms with Gasteiger partial charge in [-0.15, -0.1) is 0 Å². The molecule has 0 radical (unpaired) electrons. The van der Waals surface area contributed by atoms with Crippen molar-refractivity contribution in [2.75, 3.05) is 4.90 Å². The van der Waals surface area contributed by atoms with Gasteiger partial charge in [0.2, 0.25) is 0 Å². The number of anilines is 3. The van der Waals surface area contributed by atoms with Crippen molar-refractivity contribution in [3.63, 3.8) is 0 Å². The molecule has 2 nitrogen and oxygen atoms in total. The van der Waals surface area contributed by atoms with E-state index >= 15 is 0 Å². The second kappa shape index (κ2) is 14.4. The molecule has 0 fully saturated rings. The molecule has 1 aromatic heterocycles. The Kier molecular flexibility index (Phi) is 8.55. The standard InChI is InChI=1S/C54H38N2/c1-5-20-39(21-6-1)45-30-13-14-31-46(45)42-26-17-29-44(38-42)56(50-35-18-33-47(40-22-7-2-8-23-40)53(50)41-24-9-3-10-25-41)52-37-19-36-51-54(52)48-32-15-16-34-49(48)55(51)43-27-11-4-12-28-43/h1-38H. The van der Waals surface area contributed by atoms with Gasteiger partial charge in [-0.1, -0.05) is 182 Å². The zero-order valence-corrected chi connectivity index (χ0v) is 30.8. The van der Waals surface area contributed by atoms with Crippen LogP contribution >= 0.6 is 0 Å². The van der Waals surface area contributed by atoms with Crippen LogP contribution in [0.2, 0.25) is 0 Å².